The van der Waals surface area contributed by atoms with E-state index in [1.54, 1.807) is 0 Å². The minimum atomic E-state index is -0.253. The van der Waals surface area contributed by atoms with Crippen molar-refractivity contribution in [3.8, 4) is 0 Å². The van der Waals surface area contributed by atoms with Crippen molar-refractivity contribution in [3.05, 3.63) is 11.6 Å². The molecule has 0 bridgehead atoms. The Bertz CT molecular complexity index is 515. The first kappa shape index (κ1) is 16.1. The lowest BCUT2D eigenvalue weighted by atomic mass is 9.47. The normalized spacial score (nSPS) is 55.6. The molecule has 3 heteroatoms. The van der Waals surface area contributed by atoms with Crippen LogP contribution < -0.4 is 0 Å². The summed E-state index contributed by atoms with van der Waals surface area (Å²) in [6, 6.07) is 0. The number of rotatable bonds is 1. The third-order valence-electron chi connectivity index (χ3n) is 8.40. The van der Waals surface area contributed by atoms with Gasteiger partial charge in [0.05, 0.1) is 12.2 Å². The number of allylic oxidation sites excluding steroid dienone is 1. The summed E-state index contributed by atoms with van der Waals surface area (Å²) in [5.74, 6) is 1.96. The van der Waals surface area contributed by atoms with Gasteiger partial charge < -0.3 is 15.3 Å². The number of fused-ring (bicyclic) bond motifs is 5. The summed E-state index contributed by atoms with van der Waals surface area (Å²) in [6.07, 6.45) is 9.00. The first-order valence-corrected chi connectivity index (χ1v) is 9.56. The molecule has 0 aromatic heterocycles. The first-order chi connectivity index (χ1) is 10.9. The van der Waals surface area contributed by atoms with E-state index in [-0.39, 0.29) is 35.6 Å². The molecule has 0 aromatic carbocycles. The SMILES string of the molecule is C[C@]12CC[C@H]3[C@@H](CC=C4C[C@@H](O)CC[C@@]43C)[C@@H]1[C@@H](CO)C[C@@H]2O. The highest BCUT2D eigenvalue weighted by atomic mass is 16.3. The number of aliphatic hydroxyl groups is 3. The molecule has 3 N–H and O–H groups in total. The molecule has 0 heterocycles. The van der Waals surface area contributed by atoms with Crippen LogP contribution in [-0.4, -0.2) is 34.1 Å². The molecule has 3 saturated carbocycles. The zero-order valence-electron chi connectivity index (χ0n) is 14.5. The van der Waals surface area contributed by atoms with Crippen molar-refractivity contribution in [2.24, 2.45) is 34.5 Å². The average Bonchev–Trinajstić information content (AvgIpc) is 2.79. The van der Waals surface area contributed by atoms with E-state index >= 15 is 0 Å². The summed E-state index contributed by atoms with van der Waals surface area (Å²) in [4.78, 5) is 0. The minimum absolute atomic E-state index is 0.00948. The van der Waals surface area contributed by atoms with Crippen molar-refractivity contribution < 1.29 is 15.3 Å². The second-order valence-electron chi connectivity index (χ2n) is 9.31. The molecule has 0 radical (unpaired) electrons. The number of hydrogen-bond donors (Lipinski definition) is 3. The Morgan fingerprint density at radius 1 is 1.17 bits per heavy atom. The van der Waals surface area contributed by atoms with E-state index in [1.165, 1.54) is 12.0 Å². The van der Waals surface area contributed by atoms with Crippen LogP contribution in [-0.2, 0) is 0 Å². The van der Waals surface area contributed by atoms with Crippen LogP contribution in [0.25, 0.3) is 0 Å². The van der Waals surface area contributed by atoms with Gasteiger partial charge in [-0.15, -0.1) is 0 Å². The molecular formula is C20H32O3. The maximum Gasteiger partial charge on any atom is 0.0600 e. The van der Waals surface area contributed by atoms with Gasteiger partial charge in [0, 0.05) is 6.61 Å². The van der Waals surface area contributed by atoms with Crippen LogP contribution in [0.5, 0.6) is 0 Å². The molecule has 0 unspecified atom stereocenters. The maximum atomic E-state index is 10.6. The summed E-state index contributed by atoms with van der Waals surface area (Å²) in [7, 11) is 0. The predicted octanol–water partition coefficient (Wildman–Crippen LogP) is 2.89. The van der Waals surface area contributed by atoms with Gasteiger partial charge in [0.2, 0.25) is 0 Å². The van der Waals surface area contributed by atoms with Gasteiger partial charge in [-0.2, -0.15) is 0 Å². The van der Waals surface area contributed by atoms with Crippen LogP contribution >= 0.6 is 0 Å². The van der Waals surface area contributed by atoms with Crippen molar-refractivity contribution in [3.63, 3.8) is 0 Å². The summed E-state index contributed by atoms with van der Waals surface area (Å²) in [6.45, 7) is 4.90. The van der Waals surface area contributed by atoms with Crippen molar-refractivity contribution >= 4 is 0 Å². The fourth-order valence-electron chi connectivity index (χ4n) is 7.09. The molecule has 4 rings (SSSR count). The standard InChI is InChI=1S/C20H32O3/c1-19-7-5-14(22)10-13(19)3-4-15-16(19)6-8-20(2)17(23)9-12(11-21)18(15)20/h3,12,14-18,21-23H,4-11H2,1-2H3/t12-,14+,15-,16+,17+,18+,19+,20-/m1/s1. The second kappa shape index (κ2) is 5.31. The van der Waals surface area contributed by atoms with E-state index in [4.69, 9.17) is 0 Å². The van der Waals surface area contributed by atoms with Gasteiger partial charge in [-0.3, -0.25) is 0 Å². The molecular weight excluding hydrogens is 288 g/mol. The Labute approximate surface area is 139 Å². The van der Waals surface area contributed by atoms with Crippen LogP contribution in [0.3, 0.4) is 0 Å². The Hall–Kier alpha value is -0.380. The highest BCUT2D eigenvalue weighted by Crippen LogP contribution is 2.65. The molecule has 8 atom stereocenters. The smallest absolute Gasteiger partial charge is 0.0600 e. The largest absolute Gasteiger partial charge is 0.396 e. The summed E-state index contributed by atoms with van der Waals surface area (Å²) >= 11 is 0. The molecule has 0 amide bonds. The molecule has 0 aromatic rings. The zero-order chi connectivity index (χ0) is 16.4. The Morgan fingerprint density at radius 3 is 2.70 bits per heavy atom. The van der Waals surface area contributed by atoms with Gasteiger partial charge in [-0.25, -0.2) is 0 Å². The van der Waals surface area contributed by atoms with Gasteiger partial charge in [0.25, 0.3) is 0 Å². The fourth-order valence-corrected chi connectivity index (χ4v) is 7.09. The van der Waals surface area contributed by atoms with E-state index in [2.05, 4.69) is 19.9 Å². The molecule has 4 aliphatic carbocycles. The van der Waals surface area contributed by atoms with Crippen LogP contribution in [0, 0.1) is 34.5 Å². The number of hydrogen-bond acceptors (Lipinski definition) is 3. The molecule has 0 aliphatic heterocycles. The Kier molecular flexibility index (Phi) is 3.72. The third kappa shape index (κ3) is 2.12. The minimum Gasteiger partial charge on any atom is -0.396 e. The molecule has 3 fully saturated rings. The second-order valence-corrected chi connectivity index (χ2v) is 9.31. The van der Waals surface area contributed by atoms with Gasteiger partial charge >= 0.3 is 0 Å². The molecule has 4 aliphatic rings. The molecule has 3 nitrogen and oxygen atoms in total. The van der Waals surface area contributed by atoms with E-state index in [9.17, 15) is 15.3 Å². The van der Waals surface area contributed by atoms with E-state index in [0.29, 0.717) is 17.8 Å². The van der Waals surface area contributed by atoms with Crippen molar-refractivity contribution in [2.75, 3.05) is 6.61 Å². The topological polar surface area (TPSA) is 60.7 Å². The van der Waals surface area contributed by atoms with Crippen LogP contribution in [0.4, 0.5) is 0 Å². The van der Waals surface area contributed by atoms with Crippen molar-refractivity contribution in [2.45, 2.75) is 71.0 Å². The highest BCUT2D eigenvalue weighted by molar-refractivity contribution is 5.25. The third-order valence-corrected chi connectivity index (χ3v) is 8.40. The van der Waals surface area contributed by atoms with Gasteiger partial charge in [-0.05, 0) is 79.4 Å². The fraction of sp³-hybridized carbons (Fsp3) is 0.900. The van der Waals surface area contributed by atoms with Crippen LogP contribution in [0.1, 0.15) is 58.8 Å². The average molecular weight is 320 g/mol. The Morgan fingerprint density at radius 2 is 1.96 bits per heavy atom. The summed E-state index contributed by atoms with van der Waals surface area (Å²) < 4.78 is 0. The van der Waals surface area contributed by atoms with E-state index < -0.39 is 0 Å². The maximum absolute atomic E-state index is 10.6. The van der Waals surface area contributed by atoms with Crippen LogP contribution in [0.15, 0.2) is 11.6 Å². The van der Waals surface area contributed by atoms with Gasteiger partial charge in [-0.1, -0.05) is 25.5 Å². The Balaban J connectivity index is 1.70. The zero-order valence-corrected chi connectivity index (χ0v) is 14.5. The lowest BCUT2D eigenvalue weighted by Crippen LogP contribution is -2.52. The van der Waals surface area contributed by atoms with Crippen molar-refractivity contribution in [1.29, 1.82) is 0 Å². The highest BCUT2D eigenvalue weighted by Gasteiger charge is 2.61. The monoisotopic (exact) mass is 320 g/mol. The van der Waals surface area contributed by atoms with E-state index in [0.717, 1.165) is 38.5 Å². The van der Waals surface area contributed by atoms with Gasteiger partial charge in [0.1, 0.15) is 0 Å². The number of aliphatic hydroxyl groups excluding tert-OH is 3. The van der Waals surface area contributed by atoms with Crippen LogP contribution in [0.2, 0.25) is 0 Å². The van der Waals surface area contributed by atoms with Gasteiger partial charge in [0.15, 0.2) is 0 Å². The van der Waals surface area contributed by atoms with E-state index in [1.807, 2.05) is 0 Å². The van der Waals surface area contributed by atoms with Crippen molar-refractivity contribution in [1.82, 2.24) is 0 Å². The lowest BCUT2D eigenvalue weighted by Gasteiger charge is -2.58. The predicted molar refractivity (Wildman–Crippen MR) is 89.7 cm³/mol. The first-order valence-electron chi connectivity index (χ1n) is 9.56. The molecule has 23 heavy (non-hydrogen) atoms. The molecule has 130 valence electrons. The molecule has 0 saturated heterocycles. The quantitative estimate of drug-likeness (QED) is 0.651. The summed E-state index contributed by atoms with van der Waals surface area (Å²) in [5, 5.41) is 30.6. The molecule has 0 spiro atoms. The lowest BCUT2D eigenvalue weighted by molar-refractivity contribution is -0.0822. The summed E-state index contributed by atoms with van der Waals surface area (Å²) in [5.41, 5.74) is 1.71.